The molecule has 0 N–H and O–H groups in total. The second-order valence-electron chi connectivity index (χ2n) is 6.06. The highest BCUT2D eigenvalue weighted by molar-refractivity contribution is 5.85. The van der Waals surface area contributed by atoms with E-state index in [-0.39, 0.29) is 5.97 Å². The summed E-state index contributed by atoms with van der Waals surface area (Å²) in [5.74, 6) is 0.791. The summed E-state index contributed by atoms with van der Waals surface area (Å²) < 4.78 is 7.62. The molecule has 0 aromatic carbocycles. The third-order valence-corrected chi connectivity index (χ3v) is 4.71. The highest BCUT2D eigenvalue weighted by Gasteiger charge is 2.51. The Morgan fingerprint density at radius 3 is 2.90 bits per heavy atom. The third kappa shape index (κ3) is 1.79. The molecule has 0 radical (unpaired) electrons. The lowest BCUT2D eigenvalue weighted by molar-refractivity contribution is -0.154. The number of pyridine rings is 1. The van der Waals surface area contributed by atoms with Gasteiger partial charge < -0.3 is 9.30 Å². The van der Waals surface area contributed by atoms with Crippen LogP contribution < -0.4 is 0 Å². The van der Waals surface area contributed by atoms with Crippen LogP contribution in [-0.2, 0) is 14.9 Å². The average molecular weight is 285 g/mol. The second kappa shape index (κ2) is 4.55. The lowest BCUT2D eigenvalue weighted by Gasteiger charge is -2.38. The largest absolute Gasteiger partial charge is 0.465 e. The molecule has 21 heavy (non-hydrogen) atoms. The number of ether oxygens (including phenoxy) is 1. The molecule has 2 aliphatic rings. The Labute approximate surface area is 123 Å². The maximum absolute atomic E-state index is 12.5. The van der Waals surface area contributed by atoms with Crippen molar-refractivity contribution in [3.8, 4) is 0 Å². The quantitative estimate of drug-likeness (QED) is 0.810. The first-order valence-corrected chi connectivity index (χ1v) is 7.76. The normalized spacial score (nSPS) is 20.2. The number of fused-ring (bicyclic) bond motifs is 1. The summed E-state index contributed by atoms with van der Waals surface area (Å²) in [6, 6.07) is 2.49. The van der Waals surface area contributed by atoms with Gasteiger partial charge in [-0.05, 0) is 38.7 Å². The first-order chi connectivity index (χ1) is 10.3. The van der Waals surface area contributed by atoms with E-state index in [1.54, 1.807) is 12.4 Å². The molecule has 110 valence electrons. The zero-order valence-electron chi connectivity index (χ0n) is 12.2. The van der Waals surface area contributed by atoms with E-state index in [0.29, 0.717) is 12.6 Å². The summed E-state index contributed by atoms with van der Waals surface area (Å²) in [5.41, 5.74) is 1.45. The van der Waals surface area contributed by atoms with E-state index in [9.17, 15) is 4.79 Å². The summed E-state index contributed by atoms with van der Waals surface area (Å²) in [6.07, 6.45) is 8.66. The van der Waals surface area contributed by atoms with Crippen LogP contribution in [0.15, 0.2) is 18.5 Å². The maximum Gasteiger partial charge on any atom is 0.319 e. The zero-order chi connectivity index (χ0) is 14.4. The number of rotatable bonds is 4. The van der Waals surface area contributed by atoms with E-state index in [4.69, 9.17) is 9.72 Å². The van der Waals surface area contributed by atoms with Crippen LogP contribution in [0.4, 0.5) is 0 Å². The number of imidazole rings is 1. The molecule has 0 spiro atoms. The number of esters is 1. The first kappa shape index (κ1) is 12.8. The molecule has 5 nitrogen and oxygen atoms in total. The van der Waals surface area contributed by atoms with Crippen LogP contribution in [0.1, 0.15) is 50.9 Å². The summed E-state index contributed by atoms with van der Waals surface area (Å²) in [6.45, 7) is 2.28. The molecule has 0 unspecified atom stereocenters. The van der Waals surface area contributed by atoms with Gasteiger partial charge >= 0.3 is 5.97 Å². The molecule has 2 aliphatic carbocycles. The van der Waals surface area contributed by atoms with Crippen LogP contribution in [0.25, 0.3) is 11.0 Å². The molecule has 0 amide bonds. The predicted octanol–water partition coefficient (Wildman–Crippen LogP) is 2.75. The molecular weight excluding hydrogens is 266 g/mol. The van der Waals surface area contributed by atoms with Crippen LogP contribution in [0.5, 0.6) is 0 Å². The van der Waals surface area contributed by atoms with Gasteiger partial charge in [0.2, 0.25) is 0 Å². The standard InChI is InChI=1S/C16H19N3O2/c1-2-21-15(20)16(7-3-8-16)14-18-12-10-17-9-6-13(12)19(14)11-4-5-11/h6,9-11H,2-5,7-8H2,1H3. The summed E-state index contributed by atoms with van der Waals surface area (Å²) in [5, 5.41) is 0. The van der Waals surface area contributed by atoms with E-state index < -0.39 is 5.41 Å². The van der Waals surface area contributed by atoms with Crippen LogP contribution >= 0.6 is 0 Å². The van der Waals surface area contributed by atoms with Gasteiger partial charge in [0.1, 0.15) is 16.8 Å². The van der Waals surface area contributed by atoms with E-state index >= 15 is 0 Å². The highest BCUT2D eigenvalue weighted by Crippen LogP contribution is 2.48. The molecule has 0 aliphatic heterocycles. The van der Waals surface area contributed by atoms with E-state index in [1.165, 1.54) is 12.8 Å². The van der Waals surface area contributed by atoms with Gasteiger partial charge in [-0.25, -0.2) is 4.98 Å². The minimum Gasteiger partial charge on any atom is -0.465 e. The Kier molecular flexibility index (Phi) is 2.77. The fourth-order valence-corrected chi connectivity index (χ4v) is 3.31. The molecule has 4 rings (SSSR count). The molecule has 2 aromatic rings. The number of hydrogen-bond donors (Lipinski definition) is 0. The summed E-state index contributed by atoms with van der Waals surface area (Å²) in [7, 11) is 0. The average Bonchev–Trinajstić information content (AvgIpc) is 3.19. The van der Waals surface area contributed by atoms with Crippen molar-refractivity contribution < 1.29 is 9.53 Å². The fraction of sp³-hybridized carbons (Fsp3) is 0.562. The Hall–Kier alpha value is -1.91. The molecule has 2 saturated carbocycles. The van der Waals surface area contributed by atoms with Crippen molar-refractivity contribution in [3.63, 3.8) is 0 Å². The third-order valence-electron chi connectivity index (χ3n) is 4.71. The number of aromatic nitrogens is 3. The maximum atomic E-state index is 12.5. The smallest absolute Gasteiger partial charge is 0.319 e. The van der Waals surface area contributed by atoms with Gasteiger partial charge in [0.05, 0.1) is 18.3 Å². The van der Waals surface area contributed by atoms with Crippen molar-refractivity contribution in [1.29, 1.82) is 0 Å². The van der Waals surface area contributed by atoms with Gasteiger partial charge in [-0.2, -0.15) is 0 Å². The Balaban J connectivity index is 1.88. The van der Waals surface area contributed by atoms with Crippen molar-refractivity contribution >= 4 is 17.0 Å². The summed E-state index contributed by atoms with van der Waals surface area (Å²) >= 11 is 0. The fourth-order valence-electron chi connectivity index (χ4n) is 3.31. The molecule has 2 heterocycles. The van der Waals surface area contributed by atoms with Gasteiger partial charge in [0, 0.05) is 12.2 Å². The van der Waals surface area contributed by atoms with Crippen LogP contribution in [0.3, 0.4) is 0 Å². The molecule has 2 fully saturated rings. The van der Waals surface area contributed by atoms with E-state index in [1.807, 2.05) is 13.0 Å². The van der Waals surface area contributed by atoms with E-state index in [0.717, 1.165) is 36.1 Å². The van der Waals surface area contributed by atoms with Crippen LogP contribution in [-0.4, -0.2) is 27.1 Å². The van der Waals surface area contributed by atoms with Gasteiger partial charge in [-0.3, -0.25) is 9.78 Å². The van der Waals surface area contributed by atoms with Crippen molar-refractivity contribution in [2.45, 2.75) is 50.5 Å². The van der Waals surface area contributed by atoms with Crippen molar-refractivity contribution in [3.05, 3.63) is 24.3 Å². The zero-order valence-corrected chi connectivity index (χ0v) is 12.2. The number of carbonyl (C=O) groups excluding carboxylic acids is 1. The van der Waals surface area contributed by atoms with Gasteiger partial charge in [0.15, 0.2) is 0 Å². The van der Waals surface area contributed by atoms with Crippen LogP contribution in [0, 0.1) is 0 Å². The van der Waals surface area contributed by atoms with Crippen molar-refractivity contribution in [1.82, 2.24) is 14.5 Å². The lowest BCUT2D eigenvalue weighted by atomic mass is 9.68. The number of hydrogen-bond acceptors (Lipinski definition) is 4. The Morgan fingerprint density at radius 2 is 2.29 bits per heavy atom. The minimum atomic E-state index is -0.530. The molecule has 5 heteroatoms. The molecule has 2 aromatic heterocycles. The molecular formula is C16H19N3O2. The second-order valence-corrected chi connectivity index (χ2v) is 6.06. The number of nitrogens with zero attached hydrogens (tertiary/aromatic N) is 3. The molecule has 0 saturated heterocycles. The van der Waals surface area contributed by atoms with Gasteiger partial charge in [0.25, 0.3) is 0 Å². The van der Waals surface area contributed by atoms with Crippen LogP contribution in [0.2, 0.25) is 0 Å². The first-order valence-electron chi connectivity index (χ1n) is 7.76. The Morgan fingerprint density at radius 1 is 1.48 bits per heavy atom. The summed E-state index contributed by atoms with van der Waals surface area (Å²) in [4.78, 5) is 21.5. The molecule has 0 bridgehead atoms. The van der Waals surface area contributed by atoms with Gasteiger partial charge in [-0.1, -0.05) is 6.42 Å². The SMILES string of the molecule is CCOC(=O)C1(c2nc3cnccc3n2C2CC2)CCC1. The highest BCUT2D eigenvalue weighted by atomic mass is 16.5. The minimum absolute atomic E-state index is 0.110. The Bertz CT molecular complexity index is 699. The number of carbonyl (C=O) groups is 1. The molecule has 0 atom stereocenters. The lowest BCUT2D eigenvalue weighted by Crippen LogP contribution is -2.45. The predicted molar refractivity (Wildman–Crippen MR) is 78.0 cm³/mol. The van der Waals surface area contributed by atoms with E-state index in [2.05, 4.69) is 9.55 Å². The van der Waals surface area contributed by atoms with Crippen molar-refractivity contribution in [2.75, 3.05) is 6.61 Å². The van der Waals surface area contributed by atoms with Gasteiger partial charge in [-0.15, -0.1) is 0 Å². The monoisotopic (exact) mass is 285 g/mol. The van der Waals surface area contributed by atoms with Crippen molar-refractivity contribution in [2.24, 2.45) is 0 Å². The topological polar surface area (TPSA) is 57.0 Å².